The number of hydrogen-bond acceptors (Lipinski definition) is 7. The number of methoxy groups -OCH3 is 1. The first-order valence-corrected chi connectivity index (χ1v) is 9.38. The SMILES string of the molecule is COc1cc(SC)ccc1C(=O)O[C@H](C)C(=O)Nc1ccc2c(c1)OCO2. The average Bonchev–Trinajstić information content (AvgIpc) is 3.15. The Kier molecular flexibility index (Phi) is 5.75. The molecule has 7 nitrogen and oxygen atoms in total. The molecule has 2 aromatic rings. The molecule has 1 amide bonds. The monoisotopic (exact) mass is 389 g/mol. The van der Waals surface area contributed by atoms with Crippen LogP contribution in [0.1, 0.15) is 17.3 Å². The van der Waals surface area contributed by atoms with Gasteiger partial charge in [-0.3, -0.25) is 4.79 Å². The number of thioether (sulfide) groups is 1. The van der Waals surface area contributed by atoms with Crippen LogP contribution in [0.4, 0.5) is 5.69 Å². The Labute approximate surface area is 160 Å². The number of hydrogen-bond donors (Lipinski definition) is 1. The number of carbonyl (C=O) groups excluding carboxylic acids is 2. The number of benzene rings is 2. The molecule has 1 N–H and O–H groups in total. The summed E-state index contributed by atoms with van der Waals surface area (Å²) < 4.78 is 21.0. The largest absolute Gasteiger partial charge is 0.496 e. The number of amides is 1. The number of fused-ring (bicyclic) bond motifs is 1. The van der Waals surface area contributed by atoms with E-state index >= 15 is 0 Å². The lowest BCUT2D eigenvalue weighted by molar-refractivity contribution is -0.123. The van der Waals surface area contributed by atoms with E-state index in [4.69, 9.17) is 18.9 Å². The van der Waals surface area contributed by atoms with E-state index in [9.17, 15) is 9.59 Å². The van der Waals surface area contributed by atoms with Gasteiger partial charge in [-0.15, -0.1) is 11.8 Å². The van der Waals surface area contributed by atoms with Crippen molar-refractivity contribution in [2.24, 2.45) is 0 Å². The molecule has 142 valence electrons. The van der Waals surface area contributed by atoms with Gasteiger partial charge in [-0.05, 0) is 43.5 Å². The van der Waals surface area contributed by atoms with Crippen LogP contribution in [0.25, 0.3) is 0 Å². The highest BCUT2D eigenvalue weighted by molar-refractivity contribution is 7.98. The molecule has 0 aromatic heterocycles. The molecule has 2 aromatic carbocycles. The highest BCUT2D eigenvalue weighted by Gasteiger charge is 2.22. The minimum absolute atomic E-state index is 0.151. The van der Waals surface area contributed by atoms with Crippen LogP contribution in [0.15, 0.2) is 41.3 Å². The van der Waals surface area contributed by atoms with E-state index in [1.807, 2.05) is 6.26 Å². The van der Waals surface area contributed by atoms with Crippen LogP contribution >= 0.6 is 11.8 Å². The molecule has 0 radical (unpaired) electrons. The van der Waals surface area contributed by atoms with Crippen LogP contribution in [0.2, 0.25) is 0 Å². The van der Waals surface area contributed by atoms with E-state index in [1.165, 1.54) is 25.8 Å². The number of nitrogens with one attached hydrogen (secondary N) is 1. The van der Waals surface area contributed by atoms with E-state index in [2.05, 4.69) is 5.32 Å². The Hall–Kier alpha value is -2.87. The molecule has 1 heterocycles. The molecule has 27 heavy (non-hydrogen) atoms. The Morgan fingerprint density at radius 2 is 1.93 bits per heavy atom. The summed E-state index contributed by atoms with van der Waals surface area (Å²) in [6.07, 6.45) is 0.933. The molecule has 0 saturated carbocycles. The Morgan fingerprint density at radius 3 is 2.67 bits per heavy atom. The highest BCUT2D eigenvalue weighted by Crippen LogP contribution is 2.34. The second kappa shape index (κ2) is 8.22. The van der Waals surface area contributed by atoms with Crippen molar-refractivity contribution >= 4 is 29.3 Å². The van der Waals surface area contributed by atoms with E-state index in [1.54, 1.807) is 36.4 Å². The lowest BCUT2D eigenvalue weighted by Crippen LogP contribution is -2.30. The van der Waals surface area contributed by atoms with Gasteiger partial charge < -0.3 is 24.3 Å². The van der Waals surface area contributed by atoms with Crippen molar-refractivity contribution in [2.45, 2.75) is 17.9 Å². The summed E-state index contributed by atoms with van der Waals surface area (Å²) in [5.74, 6) is 0.481. The molecule has 3 rings (SSSR count). The first-order valence-electron chi connectivity index (χ1n) is 8.15. The van der Waals surface area contributed by atoms with Crippen LogP contribution in [-0.4, -0.2) is 38.1 Å². The van der Waals surface area contributed by atoms with Gasteiger partial charge in [0.1, 0.15) is 11.3 Å². The van der Waals surface area contributed by atoms with Crippen molar-refractivity contribution in [3.05, 3.63) is 42.0 Å². The van der Waals surface area contributed by atoms with Crippen molar-refractivity contribution in [1.82, 2.24) is 0 Å². The predicted octanol–water partition coefficient (Wildman–Crippen LogP) is 3.33. The summed E-state index contributed by atoms with van der Waals surface area (Å²) in [7, 11) is 1.48. The molecule has 1 aliphatic rings. The fourth-order valence-corrected chi connectivity index (χ4v) is 2.89. The maximum atomic E-state index is 12.4. The van der Waals surface area contributed by atoms with Crippen molar-refractivity contribution in [2.75, 3.05) is 25.5 Å². The van der Waals surface area contributed by atoms with Crippen LogP contribution in [0, 0.1) is 0 Å². The fourth-order valence-electron chi connectivity index (χ4n) is 2.46. The minimum Gasteiger partial charge on any atom is -0.496 e. The Balaban J connectivity index is 1.65. The molecule has 0 saturated heterocycles. The number of esters is 1. The molecule has 1 aliphatic heterocycles. The summed E-state index contributed by atoms with van der Waals surface area (Å²) in [5, 5.41) is 2.69. The van der Waals surface area contributed by atoms with E-state index < -0.39 is 18.0 Å². The quantitative estimate of drug-likeness (QED) is 0.599. The summed E-state index contributed by atoms with van der Waals surface area (Å²) in [6, 6.07) is 10.2. The molecule has 1 atom stereocenters. The van der Waals surface area contributed by atoms with Crippen LogP contribution in [0.3, 0.4) is 0 Å². The van der Waals surface area contributed by atoms with Gasteiger partial charge in [0.25, 0.3) is 5.91 Å². The van der Waals surface area contributed by atoms with Crippen molar-refractivity contribution in [3.63, 3.8) is 0 Å². The molecule has 0 aliphatic carbocycles. The zero-order valence-electron chi connectivity index (χ0n) is 15.1. The molecule has 0 unspecified atom stereocenters. The van der Waals surface area contributed by atoms with Crippen molar-refractivity contribution < 1.29 is 28.5 Å². The van der Waals surface area contributed by atoms with Gasteiger partial charge in [0, 0.05) is 16.6 Å². The zero-order chi connectivity index (χ0) is 19.4. The first-order chi connectivity index (χ1) is 13.0. The summed E-state index contributed by atoms with van der Waals surface area (Å²) in [5.41, 5.74) is 0.784. The molecule has 0 spiro atoms. The summed E-state index contributed by atoms with van der Waals surface area (Å²) in [6.45, 7) is 1.65. The fraction of sp³-hybridized carbons (Fsp3) is 0.263. The van der Waals surface area contributed by atoms with Crippen molar-refractivity contribution in [1.29, 1.82) is 0 Å². The number of anilines is 1. The average molecular weight is 389 g/mol. The molecule has 0 bridgehead atoms. The van der Waals surface area contributed by atoms with Gasteiger partial charge in [-0.1, -0.05) is 0 Å². The minimum atomic E-state index is -0.993. The van der Waals surface area contributed by atoms with E-state index in [-0.39, 0.29) is 12.4 Å². The molecule has 0 fully saturated rings. The van der Waals surface area contributed by atoms with Gasteiger partial charge in [0.2, 0.25) is 6.79 Å². The van der Waals surface area contributed by atoms with Gasteiger partial charge >= 0.3 is 5.97 Å². The van der Waals surface area contributed by atoms with Gasteiger partial charge in [0.05, 0.1) is 7.11 Å². The third-order valence-corrected chi connectivity index (χ3v) is 4.65. The molecular formula is C19H19NO6S. The third-order valence-electron chi connectivity index (χ3n) is 3.92. The Morgan fingerprint density at radius 1 is 1.15 bits per heavy atom. The maximum absolute atomic E-state index is 12.4. The second-order valence-corrected chi connectivity index (χ2v) is 6.55. The topological polar surface area (TPSA) is 83.1 Å². The predicted molar refractivity (Wildman–Crippen MR) is 101 cm³/mol. The van der Waals surface area contributed by atoms with E-state index in [0.29, 0.717) is 22.9 Å². The lowest BCUT2D eigenvalue weighted by Gasteiger charge is -2.15. The normalized spacial score (nSPS) is 13.0. The smallest absolute Gasteiger partial charge is 0.342 e. The molecular weight excluding hydrogens is 370 g/mol. The standard InChI is InChI=1S/C19H19NO6S/c1-11(18(21)20-12-4-7-15-17(8-12)25-10-24-15)26-19(22)14-6-5-13(27-3)9-16(14)23-2/h4-9,11H,10H2,1-3H3,(H,20,21)/t11-/m1/s1. The van der Waals surface area contributed by atoms with Gasteiger partial charge in [-0.25, -0.2) is 4.79 Å². The van der Waals surface area contributed by atoms with E-state index in [0.717, 1.165) is 4.90 Å². The third kappa shape index (κ3) is 4.28. The number of carbonyl (C=O) groups is 2. The highest BCUT2D eigenvalue weighted by atomic mass is 32.2. The zero-order valence-corrected chi connectivity index (χ0v) is 15.9. The van der Waals surface area contributed by atoms with Gasteiger partial charge in [-0.2, -0.15) is 0 Å². The summed E-state index contributed by atoms with van der Waals surface area (Å²) >= 11 is 1.53. The van der Waals surface area contributed by atoms with Crippen molar-refractivity contribution in [3.8, 4) is 17.2 Å². The molecule has 8 heteroatoms. The van der Waals surface area contributed by atoms with Gasteiger partial charge in [0.15, 0.2) is 17.6 Å². The number of rotatable bonds is 6. The summed E-state index contributed by atoms with van der Waals surface area (Å²) in [4.78, 5) is 25.7. The Bertz CT molecular complexity index is 869. The number of ether oxygens (including phenoxy) is 4. The lowest BCUT2D eigenvalue weighted by atomic mass is 10.2. The van der Waals surface area contributed by atoms with Crippen LogP contribution in [0.5, 0.6) is 17.2 Å². The first kappa shape index (κ1) is 18.9. The van der Waals surface area contributed by atoms with Crippen LogP contribution in [-0.2, 0) is 9.53 Å². The second-order valence-electron chi connectivity index (χ2n) is 5.67. The maximum Gasteiger partial charge on any atom is 0.342 e. The van der Waals surface area contributed by atoms with Crippen LogP contribution < -0.4 is 19.5 Å².